The van der Waals surface area contributed by atoms with Crippen molar-refractivity contribution in [2.24, 2.45) is 0 Å². The van der Waals surface area contributed by atoms with Crippen molar-refractivity contribution in [2.45, 2.75) is 12.2 Å². The van der Waals surface area contributed by atoms with E-state index in [2.05, 4.69) is 0 Å². The molecule has 0 aromatic rings. The smallest absolute Gasteiger partial charge is 0.549 e. The first-order chi connectivity index (χ1) is 3.85. The molecule has 0 spiro atoms. The molecule has 0 saturated heterocycles. The molecule has 1 unspecified atom stereocenters. The average Bonchev–Trinajstić information content (AvgIpc) is 1.62. The second-order valence-corrected chi connectivity index (χ2v) is 4.16. The molecule has 0 N–H and O–H groups in total. The number of hydrogen-bond donors (Lipinski definition) is 0. The van der Waals surface area contributed by atoms with Gasteiger partial charge in [0, 0.05) is 6.26 Å². The summed E-state index contributed by atoms with van der Waals surface area (Å²) in [5.74, 6) is -1.56. The summed E-state index contributed by atoms with van der Waals surface area (Å²) < 4.78 is 20.7. The van der Waals surface area contributed by atoms with E-state index in [4.69, 9.17) is 0 Å². The predicted molar refractivity (Wildman–Crippen MR) is 29.3 cm³/mol. The molecule has 0 amide bonds. The summed E-state index contributed by atoms with van der Waals surface area (Å²) in [6.45, 7) is 1.07. The number of hydrogen-bond acceptors (Lipinski definition) is 4. The largest absolute Gasteiger partial charge is 1.00 e. The molecule has 54 valence electrons. The van der Waals surface area contributed by atoms with E-state index in [1.54, 1.807) is 0 Å². The van der Waals surface area contributed by atoms with Crippen LogP contribution in [0.5, 0.6) is 0 Å². The standard InChI is InChI=1S/C4H8O4S.Na/c1-3(4(5)6)9(2,7)8;/h3H,1-2H3,(H,5,6);/q;+1/p-1. The zero-order valence-corrected chi connectivity index (χ0v) is 8.94. The third-order valence-corrected chi connectivity index (χ3v) is 2.45. The van der Waals surface area contributed by atoms with E-state index < -0.39 is 21.1 Å². The first kappa shape index (κ1) is 13.0. The molecule has 0 heterocycles. The van der Waals surface area contributed by atoms with Crippen LogP contribution in [0.2, 0.25) is 0 Å². The minimum atomic E-state index is -3.46. The van der Waals surface area contributed by atoms with Gasteiger partial charge in [-0.2, -0.15) is 0 Å². The zero-order chi connectivity index (χ0) is 7.65. The molecular formula is C4H7NaO4S. The van der Waals surface area contributed by atoms with Crippen LogP contribution in [0.1, 0.15) is 6.92 Å². The fraction of sp³-hybridized carbons (Fsp3) is 0.750. The van der Waals surface area contributed by atoms with E-state index in [0.29, 0.717) is 0 Å². The van der Waals surface area contributed by atoms with Crippen molar-refractivity contribution in [3.05, 3.63) is 0 Å². The molecular weight excluding hydrogens is 167 g/mol. The van der Waals surface area contributed by atoms with Crippen molar-refractivity contribution in [3.8, 4) is 0 Å². The Morgan fingerprint density at radius 2 is 1.80 bits per heavy atom. The fourth-order valence-corrected chi connectivity index (χ4v) is 0.524. The average molecular weight is 174 g/mol. The molecule has 0 aliphatic rings. The van der Waals surface area contributed by atoms with E-state index >= 15 is 0 Å². The maximum absolute atomic E-state index is 10.4. The van der Waals surface area contributed by atoms with Crippen molar-refractivity contribution < 1.29 is 47.9 Å². The van der Waals surface area contributed by atoms with Gasteiger partial charge in [0.05, 0.1) is 11.2 Å². The van der Waals surface area contributed by atoms with Gasteiger partial charge in [-0.3, -0.25) is 0 Å². The Morgan fingerprint density at radius 1 is 1.50 bits per heavy atom. The molecule has 1 atom stereocenters. The van der Waals surface area contributed by atoms with Crippen LogP contribution in [0.25, 0.3) is 0 Å². The molecule has 0 aliphatic carbocycles. The summed E-state index contributed by atoms with van der Waals surface area (Å²) in [5, 5.41) is 8.45. The van der Waals surface area contributed by atoms with Crippen molar-refractivity contribution in [3.63, 3.8) is 0 Å². The monoisotopic (exact) mass is 174 g/mol. The van der Waals surface area contributed by atoms with Crippen LogP contribution in [-0.4, -0.2) is 25.9 Å². The van der Waals surface area contributed by atoms with Gasteiger partial charge in [-0.1, -0.05) is 0 Å². The van der Waals surface area contributed by atoms with Gasteiger partial charge in [-0.15, -0.1) is 0 Å². The summed E-state index contributed by atoms with van der Waals surface area (Å²) >= 11 is 0. The second-order valence-electron chi connectivity index (χ2n) is 1.79. The van der Waals surface area contributed by atoms with E-state index in [-0.39, 0.29) is 29.6 Å². The number of carbonyl (C=O) groups excluding carboxylic acids is 1. The first-order valence-corrected chi connectivity index (χ1v) is 4.21. The van der Waals surface area contributed by atoms with Crippen LogP contribution in [0, 0.1) is 0 Å². The molecule has 0 aliphatic heterocycles. The van der Waals surface area contributed by atoms with E-state index in [9.17, 15) is 18.3 Å². The fourth-order valence-electron chi connectivity index (χ4n) is 0.175. The van der Waals surface area contributed by atoms with Crippen molar-refractivity contribution in [2.75, 3.05) is 6.26 Å². The number of carboxylic acid groups (broad SMARTS) is 1. The van der Waals surface area contributed by atoms with Gasteiger partial charge >= 0.3 is 29.6 Å². The van der Waals surface area contributed by atoms with Crippen LogP contribution < -0.4 is 34.7 Å². The quantitative estimate of drug-likeness (QED) is 0.394. The topological polar surface area (TPSA) is 74.3 Å². The Labute approximate surface area is 81.8 Å². The third-order valence-electron chi connectivity index (χ3n) is 0.974. The maximum Gasteiger partial charge on any atom is 1.00 e. The van der Waals surface area contributed by atoms with Gasteiger partial charge in [-0.05, 0) is 6.92 Å². The number of rotatable bonds is 2. The number of carboxylic acids is 1. The summed E-state index contributed by atoms with van der Waals surface area (Å²) in [6.07, 6.45) is 0.855. The molecule has 0 rings (SSSR count). The van der Waals surface area contributed by atoms with Crippen molar-refractivity contribution in [1.82, 2.24) is 0 Å². The molecule has 0 aromatic carbocycles. The third kappa shape index (κ3) is 4.27. The minimum Gasteiger partial charge on any atom is -0.549 e. The van der Waals surface area contributed by atoms with Gasteiger partial charge in [0.25, 0.3) is 0 Å². The summed E-state index contributed by atoms with van der Waals surface area (Å²) in [7, 11) is -3.46. The van der Waals surface area contributed by atoms with Crippen LogP contribution in [-0.2, 0) is 14.6 Å². The normalized spacial score (nSPS) is 13.4. The number of sulfone groups is 1. The van der Waals surface area contributed by atoms with Crippen LogP contribution >= 0.6 is 0 Å². The van der Waals surface area contributed by atoms with E-state index in [1.165, 1.54) is 0 Å². The molecule has 0 saturated carbocycles. The van der Waals surface area contributed by atoms with Crippen molar-refractivity contribution in [1.29, 1.82) is 0 Å². The Morgan fingerprint density at radius 3 is 1.80 bits per heavy atom. The number of carbonyl (C=O) groups is 1. The van der Waals surface area contributed by atoms with Gasteiger partial charge in [-0.25, -0.2) is 8.42 Å². The van der Waals surface area contributed by atoms with Crippen molar-refractivity contribution >= 4 is 15.8 Å². The molecule has 0 radical (unpaired) electrons. The molecule has 0 aromatic heterocycles. The minimum absolute atomic E-state index is 0. The van der Waals surface area contributed by atoms with Crippen LogP contribution in [0.3, 0.4) is 0 Å². The Balaban J connectivity index is 0. The first-order valence-electron chi connectivity index (χ1n) is 2.25. The molecule has 0 fully saturated rings. The molecule has 6 heteroatoms. The summed E-state index contributed by atoms with van der Waals surface area (Å²) in [5.41, 5.74) is 0. The Bertz CT molecular complexity index is 207. The summed E-state index contributed by atoms with van der Waals surface area (Å²) in [4.78, 5) is 9.86. The van der Waals surface area contributed by atoms with Crippen LogP contribution in [0.15, 0.2) is 0 Å². The van der Waals surface area contributed by atoms with E-state index in [0.717, 1.165) is 13.2 Å². The van der Waals surface area contributed by atoms with Crippen LogP contribution in [0.4, 0.5) is 0 Å². The zero-order valence-electron chi connectivity index (χ0n) is 6.12. The maximum atomic E-state index is 10.4. The Hall–Kier alpha value is 0.420. The number of aliphatic carboxylic acids is 1. The molecule has 0 bridgehead atoms. The second kappa shape index (κ2) is 4.33. The van der Waals surface area contributed by atoms with Gasteiger partial charge < -0.3 is 9.90 Å². The molecule has 10 heavy (non-hydrogen) atoms. The van der Waals surface area contributed by atoms with Gasteiger partial charge in [0.2, 0.25) is 0 Å². The van der Waals surface area contributed by atoms with Gasteiger partial charge in [0.1, 0.15) is 0 Å². The molecule has 4 nitrogen and oxygen atoms in total. The Kier molecular flexibility index (Phi) is 5.65. The van der Waals surface area contributed by atoms with Gasteiger partial charge in [0.15, 0.2) is 9.84 Å². The predicted octanol–water partition coefficient (Wildman–Crippen LogP) is -4.83. The summed E-state index contributed by atoms with van der Waals surface area (Å²) in [6, 6.07) is 0. The SMILES string of the molecule is CC(C(=O)[O-])S(C)(=O)=O.[Na+]. The van der Waals surface area contributed by atoms with E-state index in [1.807, 2.05) is 0 Å².